The second-order valence-electron chi connectivity index (χ2n) is 6.47. The molecule has 0 atom stereocenters. The number of carbonyl (C=O) groups is 1. The molecular weight excluding hydrogens is 430 g/mol. The number of carbonyl (C=O) groups excluding carboxylic acids is 1. The van der Waals surface area contributed by atoms with Crippen LogP contribution in [0.3, 0.4) is 0 Å². The van der Waals surface area contributed by atoms with Crippen LogP contribution in [0.2, 0.25) is 0 Å². The van der Waals surface area contributed by atoms with Gasteiger partial charge in [0.1, 0.15) is 16.7 Å². The average Bonchev–Trinajstić information content (AvgIpc) is 2.92. The van der Waals surface area contributed by atoms with E-state index in [2.05, 4.69) is 0 Å². The number of thioether (sulfide) groups is 1. The van der Waals surface area contributed by atoms with E-state index in [1.165, 1.54) is 10.5 Å². The minimum absolute atomic E-state index is 0.180. The van der Waals surface area contributed by atoms with Crippen LogP contribution in [0, 0.1) is 6.92 Å². The number of nitrogens with zero attached hydrogens (tertiary/aromatic N) is 1. The van der Waals surface area contributed by atoms with Crippen molar-refractivity contribution in [3.05, 3.63) is 70.1 Å². The van der Waals surface area contributed by atoms with Crippen molar-refractivity contribution in [3.63, 3.8) is 0 Å². The Balaban J connectivity index is 1.68. The van der Waals surface area contributed by atoms with E-state index < -0.39 is 15.9 Å². The molecule has 0 aliphatic carbocycles. The first-order valence-electron chi connectivity index (χ1n) is 8.70. The largest absolute Gasteiger partial charge is 0.489 e. The Labute approximate surface area is 179 Å². The van der Waals surface area contributed by atoms with Gasteiger partial charge >= 0.3 is 0 Å². The fraction of sp³-hybridized carbons (Fsp3) is 0.200. The summed E-state index contributed by atoms with van der Waals surface area (Å²) in [6.07, 6.45) is 1.69. The summed E-state index contributed by atoms with van der Waals surface area (Å²) in [5, 5.41) is 0. The molecule has 1 aliphatic rings. The van der Waals surface area contributed by atoms with E-state index in [9.17, 15) is 13.2 Å². The highest BCUT2D eigenvalue weighted by Gasteiger charge is 2.32. The first-order valence-corrected chi connectivity index (χ1v) is 11.5. The maximum Gasteiger partial charge on any atom is 0.266 e. The number of thiocarbonyl (C=S) groups is 1. The Kier molecular flexibility index (Phi) is 6.74. The summed E-state index contributed by atoms with van der Waals surface area (Å²) in [5.74, 6) is -0.273. The zero-order valence-corrected chi connectivity index (χ0v) is 18.0. The molecule has 9 heteroatoms. The van der Waals surface area contributed by atoms with E-state index in [4.69, 9.17) is 21.5 Å². The third-order valence-electron chi connectivity index (χ3n) is 4.13. The van der Waals surface area contributed by atoms with Crippen LogP contribution in [0.4, 0.5) is 0 Å². The van der Waals surface area contributed by atoms with E-state index in [1.807, 2.05) is 55.5 Å². The minimum Gasteiger partial charge on any atom is -0.489 e. The lowest BCUT2D eigenvalue weighted by Gasteiger charge is -2.12. The molecule has 2 aromatic carbocycles. The number of hydrogen-bond acceptors (Lipinski definition) is 6. The molecule has 0 bridgehead atoms. The van der Waals surface area contributed by atoms with Crippen molar-refractivity contribution in [2.45, 2.75) is 13.5 Å². The first kappa shape index (κ1) is 21.5. The zero-order valence-electron chi connectivity index (χ0n) is 15.6. The molecule has 0 aromatic heterocycles. The van der Waals surface area contributed by atoms with Crippen molar-refractivity contribution in [2.75, 3.05) is 12.3 Å². The molecule has 0 unspecified atom stereocenters. The normalized spacial score (nSPS) is 15.9. The Morgan fingerprint density at radius 3 is 2.62 bits per heavy atom. The number of ether oxygens (including phenoxy) is 1. The van der Waals surface area contributed by atoms with E-state index in [1.54, 1.807) is 6.08 Å². The van der Waals surface area contributed by atoms with Gasteiger partial charge in [0.2, 0.25) is 0 Å². The highest BCUT2D eigenvalue weighted by molar-refractivity contribution is 8.26. The lowest BCUT2D eigenvalue weighted by molar-refractivity contribution is -0.121. The molecule has 6 nitrogen and oxygen atoms in total. The third kappa shape index (κ3) is 6.14. The summed E-state index contributed by atoms with van der Waals surface area (Å²) in [4.78, 5) is 14.1. The average molecular weight is 450 g/mol. The van der Waals surface area contributed by atoms with Crippen LogP contribution in [0.5, 0.6) is 5.75 Å². The van der Waals surface area contributed by atoms with Crippen LogP contribution in [-0.4, -0.2) is 40.4 Å². The molecule has 1 heterocycles. The smallest absolute Gasteiger partial charge is 0.266 e. The molecule has 1 saturated heterocycles. The van der Waals surface area contributed by atoms with Gasteiger partial charge < -0.3 is 4.74 Å². The predicted molar refractivity (Wildman–Crippen MR) is 118 cm³/mol. The summed E-state index contributed by atoms with van der Waals surface area (Å²) < 4.78 is 36.8. The fourth-order valence-corrected chi connectivity index (χ4v) is 4.32. The lowest BCUT2D eigenvalue weighted by atomic mass is 10.1. The van der Waals surface area contributed by atoms with Gasteiger partial charge in [-0.05, 0) is 36.3 Å². The van der Waals surface area contributed by atoms with Gasteiger partial charge in [-0.3, -0.25) is 14.2 Å². The van der Waals surface area contributed by atoms with Crippen LogP contribution in [0.25, 0.3) is 6.08 Å². The molecule has 2 aromatic rings. The predicted octanol–water partition coefficient (Wildman–Crippen LogP) is 3.66. The van der Waals surface area contributed by atoms with Crippen molar-refractivity contribution in [3.8, 4) is 5.75 Å². The zero-order chi connectivity index (χ0) is 21.0. The Morgan fingerprint density at radius 1 is 1.21 bits per heavy atom. The number of rotatable bonds is 7. The topological polar surface area (TPSA) is 83.9 Å². The molecule has 1 fully saturated rings. The maximum atomic E-state index is 12.5. The Morgan fingerprint density at radius 2 is 1.93 bits per heavy atom. The van der Waals surface area contributed by atoms with Gasteiger partial charge in [-0.2, -0.15) is 8.42 Å². The number of aryl methyl sites for hydroxylation is 1. The minimum atomic E-state index is -4.17. The number of amides is 1. The molecule has 0 radical (unpaired) electrons. The van der Waals surface area contributed by atoms with Gasteiger partial charge in [-0.25, -0.2) is 0 Å². The van der Waals surface area contributed by atoms with E-state index in [0.717, 1.165) is 22.9 Å². The monoisotopic (exact) mass is 449 g/mol. The van der Waals surface area contributed by atoms with Crippen molar-refractivity contribution in [1.29, 1.82) is 0 Å². The Bertz CT molecular complexity index is 1060. The highest BCUT2D eigenvalue weighted by Crippen LogP contribution is 2.32. The number of hydrogen-bond donors (Lipinski definition) is 1. The first-order chi connectivity index (χ1) is 13.7. The maximum absolute atomic E-state index is 12.5. The molecule has 0 spiro atoms. The van der Waals surface area contributed by atoms with Gasteiger partial charge in [0, 0.05) is 6.54 Å². The van der Waals surface area contributed by atoms with Gasteiger partial charge in [0.05, 0.1) is 10.7 Å². The molecular formula is C20H19NO5S3. The van der Waals surface area contributed by atoms with Crippen molar-refractivity contribution >= 4 is 50.4 Å². The molecule has 0 saturated carbocycles. The summed E-state index contributed by atoms with van der Waals surface area (Å²) in [5.41, 5.74) is 3.01. The SMILES string of the molecule is Cc1ccc(COc2cccc(C=C3SC(=S)N(CCS(=O)(=O)O)C3=O)c2)cc1. The quantitative estimate of drug-likeness (QED) is 0.392. The van der Waals surface area contributed by atoms with Crippen molar-refractivity contribution < 1.29 is 22.5 Å². The standard InChI is InChI=1S/C20H19NO5S3/c1-14-5-7-15(8-6-14)13-26-17-4-2-3-16(11-17)12-18-19(22)21(20(27)28-18)9-10-29(23,24)25/h2-8,11-12H,9-10,13H2,1H3,(H,23,24,25). The van der Waals surface area contributed by atoms with E-state index >= 15 is 0 Å². The van der Waals surface area contributed by atoms with Crippen LogP contribution in [0.1, 0.15) is 16.7 Å². The summed E-state index contributed by atoms with van der Waals surface area (Å²) in [6, 6.07) is 15.4. The summed E-state index contributed by atoms with van der Waals surface area (Å²) in [6.45, 7) is 2.28. The van der Waals surface area contributed by atoms with Crippen molar-refractivity contribution in [1.82, 2.24) is 4.90 Å². The second-order valence-corrected chi connectivity index (χ2v) is 9.71. The summed E-state index contributed by atoms with van der Waals surface area (Å²) >= 11 is 6.25. The summed E-state index contributed by atoms with van der Waals surface area (Å²) in [7, 11) is -4.17. The number of benzene rings is 2. The van der Waals surface area contributed by atoms with Crippen LogP contribution in [0.15, 0.2) is 53.4 Å². The molecule has 1 aliphatic heterocycles. The van der Waals surface area contributed by atoms with Crippen molar-refractivity contribution in [2.24, 2.45) is 0 Å². The van der Waals surface area contributed by atoms with E-state index in [0.29, 0.717) is 17.3 Å². The van der Waals surface area contributed by atoms with Gasteiger partial charge in [0.15, 0.2) is 0 Å². The molecule has 3 rings (SSSR count). The van der Waals surface area contributed by atoms with Crippen LogP contribution in [-0.2, 0) is 21.5 Å². The van der Waals surface area contributed by atoms with E-state index in [-0.39, 0.29) is 16.8 Å². The highest BCUT2D eigenvalue weighted by atomic mass is 32.2. The third-order valence-corrected chi connectivity index (χ3v) is 6.20. The van der Waals surface area contributed by atoms with Gasteiger partial charge in [-0.1, -0.05) is 65.9 Å². The van der Waals surface area contributed by atoms with Crippen LogP contribution >= 0.6 is 24.0 Å². The molecule has 1 N–H and O–H groups in total. The Hall–Kier alpha value is -2.20. The molecule has 1 amide bonds. The molecule has 29 heavy (non-hydrogen) atoms. The molecule has 152 valence electrons. The lowest BCUT2D eigenvalue weighted by Crippen LogP contribution is -2.32. The van der Waals surface area contributed by atoms with Gasteiger partial charge in [-0.15, -0.1) is 0 Å². The second kappa shape index (κ2) is 9.08. The van der Waals surface area contributed by atoms with Crippen LogP contribution < -0.4 is 4.74 Å². The van der Waals surface area contributed by atoms with Gasteiger partial charge in [0.25, 0.3) is 16.0 Å². The fourth-order valence-electron chi connectivity index (χ4n) is 2.60.